The molecule has 1 aliphatic rings. The molecule has 0 aromatic heterocycles. The molecule has 0 aliphatic carbocycles. The summed E-state index contributed by atoms with van der Waals surface area (Å²) in [6, 6.07) is 0. The number of amides is 1. The third kappa shape index (κ3) is 6.39. The van der Waals surface area contributed by atoms with E-state index < -0.39 is 0 Å². The van der Waals surface area contributed by atoms with Crippen molar-refractivity contribution in [2.75, 3.05) is 26.2 Å². The molecule has 1 amide bonds. The lowest BCUT2D eigenvalue weighted by molar-refractivity contribution is -0.146. The lowest BCUT2D eigenvalue weighted by Crippen LogP contribution is -2.50. The average Bonchev–Trinajstić information content (AvgIpc) is 2.43. The Labute approximate surface area is 117 Å². The van der Waals surface area contributed by atoms with Gasteiger partial charge in [-0.05, 0) is 20.3 Å². The fourth-order valence-electron chi connectivity index (χ4n) is 2.48. The van der Waals surface area contributed by atoms with Gasteiger partial charge in [0, 0.05) is 26.2 Å². The molecule has 0 aromatic carbocycles. The Bertz CT molecular complexity index is 253. The molecule has 0 aromatic rings. The van der Waals surface area contributed by atoms with Crippen molar-refractivity contribution in [1.29, 1.82) is 0 Å². The second kappa shape index (κ2) is 9.32. The number of unbranched alkanes of at least 4 members (excludes halogenated alkanes) is 3. The summed E-state index contributed by atoms with van der Waals surface area (Å²) in [4.78, 5) is 14.1. The molecule has 0 bridgehead atoms. The van der Waals surface area contributed by atoms with Crippen LogP contribution in [0.4, 0.5) is 0 Å². The van der Waals surface area contributed by atoms with E-state index in [9.17, 15) is 4.79 Å². The molecular formula is C15H30N2O2. The molecule has 1 heterocycles. The van der Waals surface area contributed by atoms with Crippen molar-refractivity contribution < 1.29 is 9.53 Å². The first kappa shape index (κ1) is 16.4. The molecule has 1 saturated heterocycles. The van der Waals surface area contributed by atoms with Crippen LogP contribution in [0, 0.1) is 0 Å². The number of carbonyl (C=O) groups excluding carboxylic acids is 1. The zero-order chi connectivity index (χ0) is 14.1. The quantitative estimate of drug-likeness (QED) is 0.687. The van der Waals surface area contributed by atoms with Gasteiger partial charge in [0.05, 0.1) is 6.10 Å². The molecule has 4 heteroatoms. The van der Waals surface area contributed by atoms with Gasteiger partial charge in [-0.2, -0.15) is 0 Å². The Balaban J connectivity index is 2.20. The fraction of sp³-hybridized carbons (Fsp3) is 0.933. The highest BCUT2D eigenvalue weighted by molar-refractivity contribution is 5.80. The second-order valence-electron chi connectivity index (χ2n) is 5.51. The maximum absolute atomic E-state index is 12.2. The van der Waals surface area contributed by atoms with Crippen LogP contribution < -0.4 is 5.32 Å². The lowest BCUT2D eigenvalue weighted by atomic mass is 10.1. The third-order valence-corrected chi connectivity index (χ3v) is 3.68. The minimum atomic E-state index is -0.306. The van der Waals surface area contributed by atoms with Gasteiger partial charge < -0.3 is 15.0 Å². The highest BCUT2D eigenvalue weighted by Crippen LogP contribution is 2.11. The maximum atomic E-state index is 12.2. The van der Waals surface area contributed by atoms with Crippen molar-refractivity contribution in [2.24, 2.45) is 0 Å². The minimum absolute atomic E-state index is 0.141. The summed E-state index contributed by atoms with van der Waals surface area (Å²) in [5, 5.41) is 3.25. The van der Waals surface area contributed by atoms with E-state index in [2.05, 4.69) is 19.2 Å². The van der Waals surface area contributed by atoms with E-state index in [1.54, 1.807) is 0 Å². The van der Waals surface area contributed by atoms with Gasteiger partial charge in [0.15, 0.2) is 0 Å². The van der Waals surface area contributed by atoms with Crippen LogP contribution in [-0.4, -0.2) is 49.2 Å². The number of nitrogens with one attached hydrogen (secondary N) is 1. The summed E-state index contributed by atoms with van der Waals surface area (Å²) in [7, 11) is 0. The topological polar surface area (TPSA) is 41.6 Å². The van der Waals surface area contributed by atoms with Gasteiger partial charge in [0.2, 0.25) is 0 Å². The summed E-state index contributed by atoms with van der Waals surface area (Å²) >= 11 is 0. The van der Waals surface area contributed by atoms with E-state index in [4.69, 9.17) is 4.74 Å². The smallest absolute Gasteiger partial charge is 0.251 e. The van der Waals surface area contributed by atoms with Gasteiger partial charge in [-0.3, -0.25) is 4.79 Å². The van der Waals surface area contributed by atoms with Gasteiger partial charge in [0.1, 0.15) is 6.10 Å². The van der Waals surface area contributed by atoms with Crippen molar-refractivity contribution in [3.63, 3.8) is 0 Å². The van der Waals surface area contributed by atoms with Gasteiger partial charge in [-0.25, -0.2) is 0 Å². The van der Waals surface area contributed by atoms with E-state index in [1.165, 1.54) is 25.7 Å². The largest absolute Gasteiger partial charge is 0.366 e. The molecule has 4 nitrogen and oxygen atoms in total. The van der Waals surface area contributed by atoms with Gasteiger partial charge in [-0.15, -0.1) is 0 Å². The van der Waals surface area contributed by atoms with Crippen molar-refractivity contribution in [3.8, 4) is 0 Å². The number of carbonyl (C=O) groups is 1. The Morgan fingerprint density at radius 1 is 1.21 bits per heavy atom. The van der Waals surface area contributed by atoms with Crippen molar-refractivity contribution in [3.05, 3.63) is 0 Å². The Kier molecular flexibility index (Phi) is 8.07. The summed E-state index contributed by atoms with van der Waals surface area (Å²) in [5.74, 6) is 0.141. The van der Waals surface area contributed by atoms with Crippen molar-refractivity contribution >= 4 is 5.91 Å². The first-order valence-electron chi connectivity index (χ1n) is 7.80. The normalized spacial score (nSPS) is 19.2. The summed E-state index contributed by atoms with van der Waals surface area (Å²) in [6.07, 6.45) is 5.94. The van der Waals surface area contributed by atoms with Crippen LogP contribution in [0.15, 0.2) is 0 Å². The molecule has 1 rings (SSSR count). The predicted molar refractivity (Wildman–Crippen MR) is 78.2 cm³/mol. The minimum Gasteiger partial charge on any atom is -0.366 e. The zero-order valence-electron chi connectivity index (χ0n) is 12.8. The number of hydrogen-bond acceptors (Lipinski definition) is 3. The predicted octanol–water partition coefficient (Wildman–Crippen LogP) is 2.18. The summed E-state index contributed by atoms with van der Waals surface area (Å²) < 4.78 is 5.83. The highest BCUT2D eigenvalue weighted by atomic mass is 16.5. The second-order valence-corrected chi connectivity index (χ2v) is 5.51. The average molecular weight is 270 g/mol. The van der Waals surface area contributed by atoms with Crippen molar-refractivity contribution in [1.82, 2.24) is 10.2 Å². The molecule has 0 saturated carbocycles. The van der Waals surface area contributed by atoms with Gasteiger partial charge in [0.25, 0.3) is 5.91 Å². The fourth-order valence-corrected chi connectivity index (χ4v) is 2.48. The summed E-state index contributed by atoms with van der Waals surface area (Å²) in [5.41, 5.74) is 0. The monoisotopic (exact) mass is 270 g/mol. The SMILES string of the molecule is CCCCCCC(C)OC(C)C(=O)N1CCNCC1. The zero-order valence-corrected chi connectivity index (χ0v) is 12.8. The molecule has 0 spiro atoms. The molecule has 2 atom stereocenters. The Morgan fingerprint density at radius 3 is 2.53 bits per heavy atom. The lowest BCUT2D eigenvalue weighted by Gasteiger charge is -2.30. The molecule has 112 valence electrons. The third-order valence-electron chi connectivity index (χ3n) is 3.68. The van der Waals surface area contributed by atoms with Gasteiger partial charge in [-0.1, -0.05) is 32.6 Å². The van der Waals surface area contributed by atoms with E-state index in [0.717, 1.165) is 32.6 Å². The number of nitrogens with zero attached hydrogens (tertiary/aromatic N) is 1. The molecule has 1 aliphatic heterocycles. The maximum Gasteiger partial charge on any atom is 0.251 e. The van der Waals surface area contributed by atoms with E-state index in [0.29, 0.717) is 0 Å². The van der Waals surface area contributed by atoms with Gasteiger partial charge >= 0.3 is 0 Å². The molecule has 2 unspecified atom stereocenters. The molecule has 1 fully saturated rings. The van der Waals surface area contributed by atoms with Crippen LogP contribution in [0.3, 0.4) is 0 Å². The number of rotatable bonds is 8. The first-order chi connectivity index (χ1) is 9.15. The van der Waals surface area contributed by atoms with E-state index in [1.807, 2.05) is 11.8 Å². The number of piperazine rings is 1. The first-order valence-corrected chi connectivity index (χ1v) is 7.80. The summed E-state index contributed by atoms with van der Waals surface area (Å²) in [6.45, 7) is 9.57. The molecule has 19 heavy (non-hydrogen) atoms. The van der Waals surface area contributed by atoms with E-state index in [-0.39, 0.29) is 18.1 Å². The number of ether oxygens (including phenoxy) is 1. The van der Waals surface area contributed by atoms with Crippen LogP contribution in [-0.2, 0) is 9.53 Å². The van der Waals surface area contributed by atoms with Crippen LogP contribution >= 0.6 is 0 Å². The number of hydrogen-bond donors (Lipinski definition) is 1. The van der Waals surface area contributed by atoms with Crippen LogP contribution in [0.5, 0.6) is 0 Å². The Morgan fingerprint density at radius 2 is 1.89 bits per heavy atom. The highest BCUT2D eigenvalue weighted by Gasteiger charge is 2.23. The molecule has 0 radical (unpaired) electrons. The van der Waals surface area contributed by atoms with E-state index >= 15 is 0 Å². The molecule has 1 N–H and O–H groups in total. The van der Waals surface area contributed by atoms with Crippen LogP contribution in [0.2, 0.25) is 0 Å². The van der Waals surface area contributed by atoms with Crippen molar-refractivity contribution in [2.45, 2.75) is 65.1 Å². The van der Waals surface area contributed by atoms with Crippen LogP contribution in [0.25, 0.3) is 0 Å². The van der Waals surface area contributed by atoms with Crippen LogP contribution in [0.1, 0.15) is 52.9 Å². The molecular weight excluding hydrogens is 240 g/mol. The standard InChI is InChI=1S/C15H30N2O2/c1-4-5-6-7-8-13(2)19-14(3)15(18)17-11-9-16-10-12-17/h13-14,16H,4-12H2,1-3H3. The Hall–Kier alpha value is -0.610.